The van der Waals surface area contributed by atoms with Gasteiger partial charge >= 0.3 is 0 Å². The van der Waals surface area contributed by atoms with Gasteiger partial charge in [0.2, 0.25) is 0 Å². The number of halogens is 2. The Balaban J connectivity index is 2.19. The first-order valence-electron chi connectivity index (χ1n) is 5.84. The molecular formula is C12H13ClFN3S. The highest BCUT2D eigenvalue weighted by atomic mass is 35.5. The molecule has 1 fully saturated rings. The number of aromatic nitrogens is 2. The summed E-state index contributed by atoms with van der Waals surface area (Å²) in [5.41, 5.74) is 1.59. The molecular weight excluding hydrogens is 273 g/mol. The second-order valence-electron chi connectivity index (χ2n) is 4.79. The topological polar surface area (TPSA) is 24.0 Å². The highest BCUT2D eigenvalue weighted by molar-refractivity contribution is 7.71. The van der Waals surface area contributed by atoms with Crippen LogP contribution in [0, 0.1) is 10.6 Å². The average Bonchev–Trinajstić information content (AvgIpc) is 2.83. The first kappa shape index (κ1) is 12.1. The van der Waals surface area contributed by atoms with E-state index < -0.39 is 5.82 Å². The van der Waals surface area contributed by atoms with Gasteiger partial charge in [0.05, 0.1) is 22.1 Å². The summed E-state index contributed by atoms with van der Waals surface area (Å²) in [6.45, 7) is 1.97. The van der Waals surface area contributed by atoms with E-state index in [1.54, 1.807) is 6.07 Å². The summed E-state index contributed by atoms with van der Waals surface area (Å²) in [7, 11) is 2.08. The van der Waals surface area contributed by atoms with Crippen molar-refractivity contribution in [1.82, 2.24) is 14.5 Å². The van der Waals surface area contributed by atoms with Gasteiger partial charge in [0.25, 0.3) is 0 Å². The van der Waals surface area contributed by atoms with Gasteiger partial charge in [-0.25, -0.2) is 4.39 Å². The lowest BCUT2D eigenvalue weighted by molar-refractivity contribution is 0.394. The van der Waals surface area contributed by atoms with Gasteiger partial charge in [0.15, 0.2) is 4.77 Å². The third-order valence-corrected chi connectivity index (χ3v) is 4.08. The van der Waals surface area contributed by atoms with Gasteiger partial charge < -0.3 is 14.5 Å². The Labute approximate surface area is 114 Å². The minimum absolute atomic E-state index is 0.120. The fourth-order valence-electron chi connectivity index (χ4n) is 2.61. The van der Waals surface area contributed by atoms with Crippen LogP contribution >= 0.6 is 23.8 Å². The molecule has 1 aliphatic heterocycles. The second kappa shape index (κ2) is 4.33. The Morgan fingerprint density at radius 1 is 1.50 bits per heavy atom. The molecule has 0 radical (unpaired) electrons. The number of aromatic amines is 1. The fourth-order valence-corrected chi connectivity index (χ4v) is 3.13. The molecule has 1 unspecified atom stereocenters. The van der Waals surface area contributed by atoms with Crippen LogP contribution in [0.5, 0.6) is 0 Å². The van der Waals surface area contributed by atoms with Crippen molar-refractivity contribution >= 4 is 34.9 Å². The van der Waals surface area contributed by atoms with Gasteiger partial charge in [0.1, 0.15) is 5.82 Å². The van der Waals surface area contributed by atoms with Crippen molar-refractivity contribution in [2.24, 2.45) is 0 Å². The van der Waals surface area contributed by atoms with Crippen LogP contribution in [0.4, 0.5) is 4.39 Å². The summed E-state index contributed by atoms with van der Waals surface area (Å²) >= 11 is 11.1. The van der Waals surface area contributed by atoms with Crippen molar-refractivity contribution in [2.45, 2.75) is 12.5 Å². The van der Waals surface area contributed by atoms with Crippen LogP contribution in [0.15, 0.2) is 12.1 Å². The summed E-state index contributed by atoms with van der Waals surface area (Å²) in [6, 6.07) is 3.36. The fraction of sp³-hybridized carbons (Fsp3) is 0.417. The van der Waals surface area contributed by atoms with E-state index >= 15 is 0 Å². The zero-order valence-electron chi connectivity index (χ0n) is 9.91. The number of hydrogen-bond donors (Lipinski definition) is 1. The molecule has 96 valence electrons. The SMILES string of the molecule is CN1CCC(n2c(=S)[nH]c3cc(Cl)c(F)cc32)C1. The van der Waals surface area contributed by atoms with E-state index in [9.17, 15) is 4.39 Å². The van der Waals surface area contributed by atoms with Gasteiger partial charge in [-0.1, -0.05) is 11.6 Å². The highest BCUT2D eigenvalue weighted by Crippen LogP contribution is 2.28. The molecule has 3 nitrogen and oxygen atoms in total. The Bertz CT molecular complexity index is 663. The predicted molar refractivity (Wildman–Crippen MR) is 73.2 cm³/mol. The van der Waals surface area contributed by atoms with Crippen molar-refractivity contribution in [1.29, 1.82) is 0 Å². The largest absolute Gasteiger partial charge is 0.331 e. The van der Waals surface area contributed by atoms with Crippen LogP contribution in [0.2, 0.25) is 5.02 Å². The smallest absolute Gasteiger partial charge is 0.178 e. The lowest BCUT2D eigenvalue weighted by Crippen LogP contribution is -2.16. The van der Waals surface area contributed by atoms with Crippen molar-refractivity contribution in [3.8, 4) is 0 Å². The lowest BCUT2D eigenvalue weighted by atomic mass is 10.2. The van der Waals surface area contributed by atoms with E-state index in [1.165, 1.54) is 6.07 Å². The van der Waals surface area contributed by atoms with Gasteiger partial charge in [0, 0.05) is 12.6 Å². The summed E-state index contributed by atoms with van der Waals surface area (Å²) in [5, 5.41) is 0.120. The van der Waals surface area contributed by atoms with Gasteiger partial charge in [-0.15, -0.1) is 0 Å². The van der Waals surface area contributed by atoms with E-state index in [0.717, 1.165) is 30.5 Å². The minimum atomic E-state index is -0.404. The van der Waals surface area contributed by atoms with Crippen molar-refractivity contribution in [3.05, 3.63) is 27.7 Å². The number of nitrogens with zero attached hydrogens (tertiary/aromatic N) is 2. The number of hydrogen-bond acceptors (Lipinski definition) is 2. The van der Waals surface area contributed by atoms with Crippen LogP contribution in [0.1, 0.15) is 12.5 Å². The molecule has 0 aliphatic carbocycles. The number of fused-ring (bicyclic) bond motifs is 1. The summed E-state index contributed by atoms with van der Waals surface area (Å²) in [4.78, 5) is 5.34. The van der Waals surface area contributed by atoms with E-state index in [2.05, 4.69) is 16.9 Å². The molecule has 1 saturated heterocycles. The molecule has 6 heteroatoms. The van der Waals surface area contributed by atoms with Gasteiger partial charge in [-0.2, -0.15) is 0 Å². The number of benzene rings is 1. The Kier molecular flexibility index (Phi) is 2.92. The number of imidazole rings is 1. The zero-order valence-corrected chi connectivity index (χ0v) is 11.5. The number of rotatable bonds is 1. The predicted octanol–water partition coefficient (Wildman–Crippen LogP) is 3.37. The molecule has 2 aromatic rings. The molecule has 3 rings (SSSR count). The van der Waals surface area contributed by atoms with Crippen LogP contribution in [0.3, 0.4) is 0 Å². The minimum Gasteiger partial charge on any atom is -0.331 e. The van der Waals surface area contributed by atoms with Crippen molar-refractivity contribution < 1.29 is 4.39 Å². The molecule has 0 amide bonds. The van der Waals surface area contributed by atoms with E-state index in [-0.39, 0.29) is 5.02 Å². The van der Waals surface area contributed by atoms with Crippen LogP contribution < -0.4 is 0 Å². The molecule has 18 heavy (non-hydrogen) atoms. The van der Waals surface area contributed by atoms with Crippen molar-refractivity contribution in [2.75, 3.05) is 20.1 Å². The molecule has 2 heterocycles. The second-order valence-corrected chi connectivity index (χ2v) is 5.58. The Hall–Kier alpha value is -0.910. The molecule has 0 saturated carbocycles. The molecule has 1 N–H and O–H groups in total. The maximum atomic E-state index is 13.6. The van der Waals surface area contributed by atoms with Crippen LogP contribution in [0.25, 0.3) is 11.0 Å². The lowest BCUT2D eigenvalue weighted by Gasteiger charge is -2.13. The monoisotopic (exact) mass is 285 g/mol. The standard InChI is InChI=1S/C12H13ClFN3S/c1-16-3-2-7(6-16)17-11-5-9(14)8(13)4-10(11)15-12(17)18/h4-5,7H,2-3,6H2,1H3,(H,15,18). The van der Waals surface area contributed by atoms with Gasteiger partial charge in [-0.3, -0.25) is 0 Å². The van der Waals surface area contributed by atoms with Crippen LogP contribution in [-0.2, 0) is 0 Å². The number of likely N-dealkylation sites (N-methyl/N-ethyl adjacent to an activating group) is 1. The third-order valence-electron chi connectivity index (χ3n) is 3.49. The number of nitrogens with one attached hydrogen (secondary N) is 1. The Morgan fingerprint density at radius 3 is 2.94 bits per heavy atom. The number of likely N-dealkylation sites (tertiary alicyclic amines) is 1. The molecule has 1 atom stereocenters. The first-order chi connectivity index (χ1) is 8.56. The average molecular weight is 286 g/mol. The molecule has 1 aliphatic rings. The Morgan fingerprint density at radius 2 is 2.28 bits per heavy atom. The van der Waals surface area contributed by atoms with E-state index in [0.29, 0.717) is 10.8 Å². The van der Waals surface area contributed by atoms with Crippen molar-refractivity contribution in [3.63, 3.8) is 0 Å². The summed E-state index contributed by atoms with van der Waals surface area (Å²) in [5.74, 6) is -0.404. The zero-order chi connectivity index (χ0) is 12.9. The highest BCUT2D eigenvalue weighted by Gasteiger charge is 2.23. The summed E-state index contributed by atoms with van der Waals surface area (Å²) in [6.07, 6.45) is 1.03. The summed E-state index contributed by atoms with van der Waals surface area (Å²) < 4.78 is 16.2. The first-order valence-corrected chi connectivity index (χ1v) is 6.62. The van der Waals surface area contributed by atoms with E-state index in [1.807, 2.05) is 4.57 Å². The molecule has 0 bridgehead atoms. The van der Waals surface area contributed by atoms with Gasteiger partial charge in [-0.05, 0) is 38.3 Å². The molecule has 1 aromatic heterocycles. The normalized spacial score (nSPS) is 20.9. The maximum absolute atomic E-state index is 13.6. The number of H-pyrrole nitrogens is 1. The third kappa shape index (κ3) is 1.86. The van der Waals surface area contributed by atoms with Crippen LogP contribution in [-0.4, -0.2) is 34.6 Å². The molecule has 1 aromatic carbocycles. The molecule has 0 spiro atoms. The van der Waals surface area contributed by atoms with E-state index in [4.69, 9.17) is 23.8 Å². The quantitative estimate of drug-likeness (QED) is 0.812. The maximum Gasteiger partial charge on any atom is 0.178 e.